The van der Waals surface area contributed by atoms with E-state index in [1.807, 2.05) is 14.0 Å². The molecule has 0 aromatic heterocycles. The second kappa shape index (κ2) is 6.35. The molecule has 4 heteroatoms. The predicted molar refractivity (Wildman–Crippen MR) is 66.6 cm³/mol. The first kappa shape index (κ1) is 13.6. The van der Waals surface area contributed by atoms with Gasteiger partial charge in [0.25, 0.3) is 5.91 Å². The van der Waals surface area contributed by atoms with Crippen LogP contribution in [0.2, 0.25) is 0 Å². The summed E-state index contributed by atoms with van der Waals surface area (Å²) < 4.78 is 13.5. The van der Waals surface area contributed by atoms with Crippen molar-refractivity contribution in [3.8, 4) is 0 Å². The van der Waals surface area contributed by atoms with Crippen molar-refractivity contribution in [3.63, 3.8) is 0 Å². The SMILES string of the molecule is CNC[C@H](C)CNC(=O)c1ccc(C)cc1F. The van der Waals surface area contributed by atoms with Crippen LogP contribution < -0.4 is 10.6 Å². The molecular formula is C13H19FN2O. The molecule has 0 aliphatic heterocycles. The number of hydrogen-bond acceptors (Lipinski definition) is 2. The predicted octanol–water partition coefficient (Wildman–Crippen LogP) is 1.72. The lowest BCUT2D eigenvalue weighted by molar-refractivity contribution is 0.0944. The van der Waals surface area contributed by atoms with Crippen molar-refractivity contribution in [3.05, 3.63) is 35.1 Å². The van der Waals surface area contributed by atoms with Crippen LogP contribution in [-0.4, -0.2) is 26.0 Å². The summed E-state index contributed by atoms with van der Waals surface area (Å²) in [4.78, 5) is 11.7. The lowest BCUT2D eigenvalue weighted by Crippen LogP contribution is -2.32. The number of benzene rings is 1. The first-order valence-corrected chi connectivity index (χ1v) is 5.73. The van der Waals surface area contributed by atoms with Crippen LogP contribution in [0.4, 0.5) is 4.39 Å². The maximum atomic E-state index is 13.5. The third-order valence-electron chi connectivity index (χ3n) is 2.53. The Balaban J connectivity index is 2.58. The highest BCUT2D eigenvalue weighted by Crippen LogP contribution is 2.09. The molecule has 0 radical (unpaired) electrons. The monoisotopic (exact) mass is 238 g/mol. The van der Waals surface area contributed by atoms with Gasteiger partial charge in [-0.2, -0.15) is 0 Å². The number of halogens is 1. The number of aryl methyl sites for hydroxylation is 1. The molecule has 17 heavy (non-hydrogen) atoms. The Morgan fingerprint density at radius 2 is 2.12 bits per heavy atom. The van der Waals surface area contributed by atoms with Crippen molar-refractivity contribution in [1.29, 1.82) is 0 Å². The minimum atomic E-state index is -0.469. The van der Waals surface area contributed by atoms with Gasteiger partial charge in [0.2, 0.25) is 0 Å². The minimum Gasteiger partial charge on any atom is -0.352 e. The van der Waals surface area contributed by atoms with Crippen molar-refractivity contribution in [1.82, 2.24) is 10.6 Å². The molecule has 0 unspecified atom stereocenters. The number of carbonyl (C=O) groups is 1. The lowest BCUT2D eigenvalue weighted by Gasteiger charge is -2.12. The van der Waals surface area contributed by atoms with E-state index in [0.717, 1.165) is 12.1 Å². The van der Waals surface area contributed by atoms with E-state index < -0.39 is 5.82 Å². The summed E-state index contributed by atoms with van der Waals surface area (Å²) in [5.74, 6) is -0.508. The van der Waals surface area contributed by atoms with Gasteiger partial charge >= 0.3 is 0 Å². The van der Waals surface area contributed by atoms with Crippen LogP contribution >= 0.6 is 0 Å². The Labute approximate surface area is 101 Å². The second-order valence-corrected chi connectivity index (χ2v) is 4.36. The van der Waals surface area contributed by atoms with E-state index in [0.29, 0.717) is 12.5 Å². The zero-order valence-corrected chi connectivity index (χ0v) is 10.5. The van der Waals surface area contributed by atoms with Crippen LogP contribution in [0.3, 0.4) is 0 Å². The van der Waals surface area contributed by atoms with Crippen LogP contribution in [-0.2, 0) is 0 Å². The molecule has 0 fully saturated rings. The van der Waals surface area contributed by atoms with Crippen molar-refractivity contribution < 1.29 is 9.18 Å². The van der Waals surface area contributed by atoms with Gasteiger partial charge in [-0.3, -0.25) is 4.79 Å². The van der Waals surface area contributed by atoms with Gasteiger partial charge in [0.15, 0.2) is 0 Å². The van der Waals surface area contributed by atoms with Crippen molar-refractivity contribution >= 4 is 5.91 Å². The van der Waals surface area contributed by atoms with Gasteiger partial charge in [0.05, 0.1) is 5.56 Å². The lowest BCUT2D eigenvalue weighted by atomic mass is 10.1. The fourth-order valence-corrected chi connectivity index (χ4v) is 1.59. The van der Waals surface area contributed by atoms with Gasteiger partial charge in [0, 0.05) is 6.54 Å². The zero-order valence-electron chi connectivity index (χ0n) is 10.5. The van der Waals surface area contributed by atoms with Crippen LogP contribution in [0.15, 0.2) is 18.2 Å². The molecule has 0 aliphatic carbocycles. The Kier molecular flexibility index (Phi) is 5.10. The Morgan fingerprint density at radius 1 is 1.41 bits per heavy atom. The second-order valence-electron chi connectivity index (χ2n) is 4.36. The molecule has 0 spiro atoms. The van der Waals surface area contributed by atoms with Crippen molar-refractivity contribution in [2.45, 2.75) is 13.8 Å². The van der Waals surface area contributed by atoms with Gasteiger partial charge in [0.1, 0.15) is 5.82 Å². The molecular weight excluding hydrogens is 219 g/mol. The quantitative estimate of drug-likeness (QED) is 0.820. The van der Waals surface area contributed by atoms with Crippen LogP contribution in [0.25, 0.3) is 0 Å². The molecule has 94 valence electrons. The molecule has 0 saturated carbocycles. The third-order valence-corrected chi connectivity index (χ3v) is 2.53. The molecule has 0 heterocycles. The summed E-state index contributed by atoms with van der Waals surface area (Å²) in [5.41, 5.74) is 0.912. The summed E-state index contributed by atoms with van der Waals surface area (Å²) in [5, 5.41) is 5.75. The maximum absolute atomic E-state index is 13.5. The Morgan fingerprint density at radius 3 is 2.71 bits per heavy atom. The van der Waals surface area contributed by atoms with Crippen LogP contribution in [0, 0.1) is 18.7 Å². The number of nitrogens with one attached hydrogen (secondary N) is 2. The smallest absolute Gasteiger partial charge is 0.254 e. The normalized spacial score (nSPS) is 12.2. The highest BCUT2D eigenvalue weighted by molar-refractivity contribution is 5.94. The van der Waals surface area contributed by atoms with Crippen molar-refractivity contribution in [2.24, 2.45) is 5.92 Å². The summed E-state index contributed by atoms with van der Waals surface area (Å²) in [6.07, 6.45) is 0. The molecule has 0 bridgehead atoms. The van der Waals surface area contributed by atoms with E-state index in [4.69, 9.17) is 0 Å². The van der Waals surface area contributed by atoms with E-state index in [1.165, 1.54) is 12.1 Å². The molecule has 1 atom stereocenters. The van der Waals surface area contributed by atoms with Gasteiger partial charge < -0.3 is 10.6 Å². The molecule has 1 amide bonds. The number of hydrogen-bond donors (Lipinski definition) is 2. The van der Waals surface area contributed by atoms with E-state index in [9.17, 15) is 9.18 Å². The molecule has 1 aromatic carbocycles. The molecule has 1 rings (SSSR count). The summed E-state index contributed by atoms with van der Waals surface area (Å²) in [6.45, 7) is 5.16. The van der Waals surface area contributed by atoms with Gasteiger partial charge in [-0.1, -0.05) is 13.0 Å². The van der Waals surface area contributed by atoms with E-state index >= 15 is 0 Å². The molecule has 1 aromatic rings. The summed E-state index contributed by atoms with van der Waals surface area (Å²) in [6, 6.07) is 4.61. The van der Waals surface area contributed by atoms with Gasteiger partial charge in [-0.05, 0) is 44.1 Å². The van der Waals surface area contributed by atoms with Crippen molar-refractivity contribution in [2.75, 3.05) is 20.1 Å². The highest BCUT2D eigenvalue weighted by Gasteiger charge is 2.12. The fourth-order valence-electron chi connectivity index (χ4n) is 1.59. The standard InChI is InChI=1S/C13H19FN2O/c1-9-4-5-11(12(14)6-9)13(17)16-8-10(2)7-15-3/h4-6,10,15H,7-8H2,1-3H3,(H,16,17)/t10-/m0/s1. The zero-order chi connectivity index (χ0) is 12.8. The van der Waals surface area contributed by atoms with Gasteiger partial charge in [-0.15, -0.1) is 0 Å². The van der Waals surface area contributed by atoms with E-state index in [2.05, 4.69) is 10.6 Å². The highest BCUT2D eigenvalue weighted by atomic mass is 19.1. The molecule has 3 nitrogen and oxygen atoms in total. The first-order chi connectivity index (χ1) is 8.04. The maximum Gasteiger partial charge on any atom is 0.254 e. The number of carbonyl (C=O) groups excluding carboxylic acids is 1. The topological polar surface area (TPSA) is 41.1 Å². The van der Waals surface area contributed by atoms with E-state index in [-0.39, 0.29) is 11.5 Å². The Bertz CT molecular complexity index is 393. The molecule has 0 aliphatic rings. The summed E-state index contributed by atoms with van der Waals surface area (Å²) in [7, 11) is 1.86. The van der Waals surface area contributed by atoms with Crippen LogP contribution in [0.1, 0.15) is 22.8 Å². The first-order valence-electron chi connectivity index (χ1n) is 5.73. The van der Waals surface area contributed by atoms with Crippen LogP contribution in [0.5, 0.6) is 0 Å². The van der Waals surface area contributed by atoms with Gasteiger partial charge in [-0.25, -0.2) is 4.39 Å². The third kappa shape index (κ3) is 4.15. The minimum absolute atomic E-state index is 0.104. The molecule has 0 saturated heterocycles. The summed E-state index contributed by atoms with van der Waals surface area (Å²) >= 11 is 0. The fraction of sp³-hybridized carbons (Fsp3) is 0.462. The average molecular weight is 238 g/mol. The van der Waals surface area contributed by atoms with E-state index in [1.54, 1.807) is 13.0 Å². The number of amides is 1. The Hall–Kier alpha value is -1.42. The number of rotatable bonds is 5. The largest absolute Gasteiger partial charge is 0.352 e. The average Bonchev–Trinajstić information content (AvgIpc) is 2.26. The molecule has 2 N–H and O–H groups in total.